The number of hydrogen-bond acceptors (Lipinski definition) is 4. The quantitative estimate of drug-likeness (QED) is 0.810. The summed E-state index contributed by atoms with van der Waals surface area (Å²) in [5, 5.41) is 13.8. The molecule has 0 saturated carbocycles. The first-order valence-electron chi connectivity index (χ1n) is 5.80. The highest BCUT2D eigenvalue weighted by atomic mass is 19.3. The Morgan fingerprint density at radius 3 is 2.48 bits per heavy atom. The topological polar surface area (TPSA) is 70.4 Å². The van der Waals surface area contributed by atoms with Crippen LogP contribution in [0.25, 0.3) is 0 Å². The number of aliphatic hydroxyl groups is 1. The Balaban J connectivity index is 2.39. The lowest BCUT2D eigenvalue weighted by Gasteiger charge is -2.31. The maximum Gasteiger partial charge on any atom is 0.293 e. The van der Waals surface area contributed by atoms with Gasteiger partial charge in [0.05, 0.1) is 11.4 Å². The van der Waals surface area contributed by atoms with Crippen LogP contribution in [0.1, 0.15) is 16.2 Å². The third-order valence-electron chi connectivity index (χ3n) is 2.95. The normalized spacial score (nSPS) is 22.0. The van der Waals surface area contributed by atoms with Crippen molar-refractivity contribution in [3.63, 3.8) is 0 Å². The van der Waals surface area contributed by atoms with Gasteiger partial charge in [-0.25, -0.2) is 22.6 Å². The number of hydrogen-bond donors (Lipinski definition) is 2. The third-order valence-corrected chi connectivity index (χ3v) is 2.95. The fourth-order valence-corrected chi connectivity index (χ4v) is 1.96. The van der Waals surface area contributed by atoms with Gasteiger partial charge >= 0.3 is 0 Å². The van der Waals surface area contributed by atoms with E-state index in [1.807, 2.05) is 5.43 Å². The van der Waals surface area contributed by atoms with Crippen LogP contribution in [0.2, 0.25) is 0 Å². The zero-order valence-electron chi connectivity index (χ0n) is 11.0. The van der Waals surface area contributed by atoms with E-state index in [1.54, 1.807) is 6.92 Å². The summed E-state index contributed by atoms with van der Waals surface area (Å²) in [5.41, 5.74) is -2.00. The molecule has 0 bridgehead atoms. The van der Waals surface area contributed by atoms with Crippen molar-refractivity contribution in [2.45, 2.75) is 25.5 Å². The molecule has 1 aliphatic heterocycles. The molecule has 2 rings (SSSR count). The molecular weight excluding hydrogens is 296 g/mol. The smallest absolute Gasteiger partial charge is 0.293 e. The van der Waals surface area contributed by atoms with E-state index in [1.165, 1.54) is 13.1 Å². The van der Waals surface area contributed by atoms with E-state index in [-0.39, 0.29) is 16.8 Å². The van der Waals surface area contributed by atoms with Crippen LogP contribution < -0.4 is 5.43 Å². The molecule has 1 aromatic heterocycles. The van der Waals surface area contributed by atoms with Crippen LogP contribution in [0.3, 0.4) is 0 Å². The lowest BCUT2D eigenvalue weighted by atomic mass is 10.2. The molecule has 0 radical (unpaired) electrons. The number of rotatable bonds is 3. The average Bonchev–Trinajstić information content (AvgIpc) is 2.90. The molecular formula is C11H12F4N4O2. The van der Waals surface area contributed by atoms with E-state index >= 15 is 0 Å². The maximum atomic E-state index is 13.0. The van der Waals surface area contributed by atoms with E-state index < -0.39 is 30.2 Å². The van der Waals surface area contributed by atoms with Crippen LogP contribution in [0.15, 0.2) is 17.8 Å². The second kappa shape index (κ2) is 5.02. The highest BCUT2D eigenvalue weighted by Crippen LogP contribution is 2.31. The monoisotopic (exact) mass is 308 g/mol. The van der Waals surface area contributed by atoms with Crippen molar-refractivity contribution >= 4 is 5.91 Å². The van der Waals surface area contributed by atoms with Gasteiger partial charge in [-0.1, -0.05) is 0 Å². The average molecular weight is 308 g/mol. The Morgan fingerprint density at radius 2 is 2.05 bits per heavy atom. The number of allylic oxidation sites excluding steroid dienone is 1. The Hall–Kier alpha value is -2.10. The molecule has 2 heterocycles. The zero-order chi connectivity index (χ0) is 15.9. The molecule has 1 amide bonds. The van der Waals surface area contributed by atoms with Gasteiger partial charge in [-0.05, 0) is 13.0 Å². The minimum absolute atomic E-state index is 0.0790. The fraction of sp³-hybridized carbons (Fsp3) is 0.455. The van der Waals surface area contributed by atoms with Gasteiger partial charge in [0, 0.05) is 13.1 Å². The van der Waals surface area contributed by atoms with Gasteiger partial charge in [-0.15, -0.1) is 0 Å². The van der Waals surface area contributed by atoms with Crippen LogP contribution in [-0.2, 0) is 7.05 Å². The molecule has 1 atom stereocenters. The summed E-state index contributed by atoms with van der Waals surface area (Å²) < 4.78 is 52.4. The van der Waals surface area contributed by atoms with Crippen molar-refractivity contribution in [3.05, 3.63) is 29.2 Å². The molecule has 1 aromatic rings. The Labute approximate surface area is 116 Å². The first-order valence-corrected chi connectivity index (χ1v) is 5.80. The van der Waals surface area contributed by atoms with Crippen molar-refractivity contribution in [2.75, 3.05) is 0 Å². The number of nitrogens with zero attached hydrogens (tertiary/aromatic N) is 3. The lowest BCUT2D eigenvalue weighted by molar-refractivity contribution is -0.147. The first-order chi connectivity index (χ1) is 9.66. The summed E-state index contributed by atoms with van der Waals surface area (Å²) in [6.07, 6.45) is -6.37. The highest BCUT2D eigenvalue weighted by molar-refractivity contribution is 5.93. The standard InChI is InChI=1S/C11H12F4N4O2/c1-5-3-7(18(2)16-5)9(20)19-11(21,10(14)15)4-6(17-19)8(12)13/h3-4,8,10,17,21H,1-2H3. The molecule has 0 saturated heterocycles. The molecule has 6 nitrogen and oxygen atoms in total. The minimum Gasteiger partial charge on any atom is -0.361 e. The summed E-state index contributed by atoms with van der Waals surface area (Å²) in [5.74, 6) is -1.10. The van der Waals surface area contributed by atoms with Crippen LogP contribution >= 0.6 is 0 Å². The zero-order valence-corrected chi connectivity index (χ0v) is 11.0. The Kier molecular flexibility index (Phi) is 3.66. The molecule has 1 unspecified atom stereocenters. The predicted octanol–water partition coefficient (Wildman–Crippen LogP) is 0.792. The number of halogens is 4. The van der Waals surface area contributed by atoms with Gasteiger partial charge in [0.2, 0.25) is 5.72 Å². The van der Waals surface area contributed by atoms with Gasteiger partial charge < -0.3 is 5.11 Å². The number of aryl methyl sites for hydroxylation is 2. The third kappa shape index (κ3) is 2.46. The van der Waals surface area contributed by atoms with E-state index in [0.29, 0.717) is 5.69 Å². The van der Waals surface area contributed by atoms with Gasteiger partial charge in [-0.2, -0.15) is 5.10 Å². The molecule has 0 spiro atoms. The molecule has 0 fully saturated rings. The maximum absolute atomic E-state index is 13.0. The second-order valence-electron chi connectivity index (χ2n) is 4.53. The van der Waals surface area contributed by atoms with E-state index in [0.717, 1.165) is 4.68 Å². The summed E-state index contributed by atoms with van der Waals surface area (Å²) in [4.78, 5) is 12.2. The number of alkyl halides is 4. The van der Waals surface area contributed by atoms with Crippen molar-refractivity contribution in [2.24, 2.45) is 7.05 Å². The molecule has 0 aromatic carbocycles. The number of aromatic nitrogens is 2. The Bertz CT molecular complexity index is 601. The van der Waals surface area contributed by atoms with E-state index in [9.17, 15) is 27.5 Å². The van der Waals surface area contributed by atoms with Gasteiger partial charge in [0.1, 0.15) is 5.69 Å². The molecule has 10 heteroatoms. The number of nitrogens with one attached hydrogen (secondary N) is 1. The number of carbonyl (C=O) groups excluding carboxylic acids is 1. The predicted molar refractivity (Wildman–Crippen MR) is 62.3 cm³/mol. The number of amides is 1. The van der Waals surface area contributed by atoms with Crippen molar-refractivity contribution in [1.82, 2.24) is 20.2 Å². The van der Waals surface area contributed by atoms with Gasteiger partial charge in [0.25, 0.3) is 18.8 Å². The molecule has 21 heavy (non-hydrogen) atoms. The van der Waals surface area contributed by atoms with Crippen LogP contribution in [0.4, 0.5) is 17.6 Å². The SMILES string of the molecule is Cc1cc(C(=O)N2NC(C(F)F)=CC2(O)C(F)F)n(C)n1. The summed E-state index contributed by atoms with van der Waals surface area (Å²) in [6.45, 7) is 1.57. The van der Waals surface area contributed by atoms with Gasteiger partial charge in [0.15, 0.2) is 0 Å². The van der Waals surface area contributed by atoms with Crippen molar-refractivity contribution in [1.29, 1.82) is 0 Å². The van der Waals surface area contributed by atoms with Crippen LogP contribution in [-0.4, -0.2) is 44.4 Å². The summed E-state index contributed by atoms with van der Waals surface area (Å²) in [6, 6.07) is 1.29. The molecule has 116 valence electrons. The highest BCUT2D eigenvalue weighted by Gasteiger charge is 2.51. The van der Waals surface area contributed by atoms with Gasteiger partial charge in [-0.3, -0.25) is 14.9 Å². The lowest BCUT2D eigenvalue weighted by Crippen LogP contribution is -2.57. The first kappa shape index (κ1) is 15.3. The number of hydrazine groups is 1. The van der Waals surface area contributed by atoms with Crippen molar-refractivity contribution in [3.8, 4) is 0 Å². The molecule has 2 N–H and O–H groups in total. The molecule has 1 aliphatic rings. The van der Waals surface area contributed by atoms with E-state index in [4.69, 9.17) is 0 Å². The summed E-state index contributed by atoms with van der Waals surface area (Å²) in [7, 11) is 1.39. The van der Waals surface area contributed by atoms with Crippen molar-refractivity contribution < 1.29 is 27.5 Å². The van der Waals surface area contributed by atoms with Crippen LogP contribution in [0, 0.1) is 6.92 Å². The molecule has 0 aliphatic carbocycles. The van der Waals surface area contributed by atoms with Crippen LogP contribution in [0.5, 0.6) is 0 Å². The largest absolute Gasteiger partial charge is 0.361 e. The second-order valence-corrected chi connectivity index (χ2v) is 4.53. The van der Waals surface area contributed by atoms with E-state index in [2.05, 4.69) is 5.10 Å². The number of carbonyl (C=O) groups is 1. The Morgan fingerprint density at radius 1 is 1.43 bits per heavy atom. The minimum atomic E-state index is -3.47. The summed E-state index contributed by atoms with van der Waals surface area (Å²) >= 11 is 0. The fourth-order valence-electron chi connectivity index (χ4n) is 1.96.